The van der Waals surface area contributed by atoms with Crippen LogP contribution in [0.25, 0.3) is 10.2 Å². The lowest BCUT2D eigenvalue weighted by atomic mass is 9.97. The average Bonchev–Trinajstić information content (AvgIpc) is 3.40. The van der Waals surface area contributed by atoms with Gasteiger partial charge in [0.25, 0.3) is 0 Å². The van der Waals surface area contributed by atoms with Crippen LogP contribution < -0.4 is 14.2 Å². The van der Waals surface area contributed by atoms with Gasteiger partial charge in [0.2, 0.25) is 11.7 Å². The smallest absolute Gasteiger partial charge is 0.226 e. The molecule has 4 heterocycles. The molecule has 1 aromatic carbocycles. The van der Waals surface area contributed by atoms with Gasteiger partial charge in [-0.1, -0.05) is 12.1 Å². The molecule has 1 aliphatic heterocycles. The van der Waals surface area contributed by atoms with Gasteiger partial charge in [0.15, 0.2) is 24.2 Å². The van der Waals surface area contributed by atoms with Crippen LogP contribution in [0.4, 0.5) is 0 Å². The van der Waals surface area contributed by atoms with E-state index in [9.17, 15) is 4.79 Å². The van der Waals surface area contributed by atoms with E-state index in [-0.39, 0.29) is 18.5 Å². The third-order valence-corrected chi connectivity index (χ3v) is 8.08. The van der Waals surface area contributed by atoms with Gasteiger partial charge < -0.3 is 18.8 Å². The van der Waals surface area contributed by atoms with E-state index in [1.54, 1.807) is 11.3 Å². The van der Waals surface area contributed by atoms with Crippen molar-refractivity contribution in [3.8, 4) is 17.4 Å². The Bertz CT molecular complexity index is 1420. The number of benzene rings is 1. The van der Waals surface area contributed by atoms with Crippen LogP contribution in [-0.4, -0.2) is 39.6 Å². The summed E-state index contributed by atoms with van der Waals surface area (Å²) in [4.78, 5) is 24.3. The predicted octanol–water partition coefficient (Wildman–Crippen LogP) is 5.09. The highest BCUT2D eigenvalue weighted by Gasteiger charge is 2.25. The van der Waals surface area contributed by atoms with Gasteiger partial charge in [-0.15, -0.1) is 11.3 Å². The van der Waals surface area contributed by atoms with Gasteiger partial charge in [-0.25, -0.2) is 9.97 Å². The molecule has 0 saturated carbocycles. The van der Waals surface area contributed by atoms with Gasteiger partial charge in [0.05, 0.1) is 11.9 Å². The van der Waals surface area contributed by atoms with Crippen molar-refractivity contribution in [1.29, 1.82) is 0 Å². The van der Waals surface area contributed by atoms with Gasteiger partial charge in [-0.2, -0.15) is 0 Å². The van der Waals surface area contributed by atoms with Crippen molar-refractivity contribution in [1.82, 2.24) is 14.5 Å². The van der Waals surface area contributed by atoms with E-state index in [0.717, 1.165) is 45.9 Å². The van der Waals surface area contributed by atoms with E-state index >= 15 is 0 Å². The molecule has 1 unspecified atom stereocenters. The van der Waals surface area contributed by atoms with Crippen LogP contribution in [0, 0.1) is 13.8 Å². The van der Waals surface area contributed by atoms with Crippen LogP contribution in [-0.2, 0) is 19.4 Å². The molecule has 2 aliphatic rings. The number of ketones is 1. The minimum atomic E-state index is -0.132. The second kappa shape index (κ2) is 9.00. The third kappa shape index (κ3) is 4.05. The van der Waals surface area contributed by atoms with E-state index in [0.29, 0.717) is 24.6 Å². The summed E-state index contributed by atoms with van der Waals surface area (Å²) in [7, 11) is 0. The summed E-state index contributed by atoms with van der Waals surface area (Å²) in [6, 6.07) is 9.62. The van der Waals surface area contributed by atoms with Crippen LogP contribution in [0.3, 0.4) is 0 Å². The number of carbonyl (C=O) groups excluding carboxylic acids is 1. The number of rotatable bonds is 6. The van der Waals surface area contributed by atoms with Gasteiger partial charge in [0, 0.05) is 21.8 Å². The lowest BCUT2D eigenvalue weighted by molar-refractivity contribution is 0.0777. The maximum Gasteiger partial charge on any atom is 0.226 e. The normalized spacial score (nSPS) is 16.8. The summed E-state index contributed by atoms with van der Waals surface area (Å²) in [6.45, 7) is 4.99. The molecular formula is C27H27N3O4S. The Morgan fingerprint density at radius 1 is 1.17 bits per heavy atom. The summed E-state index contributed by atoms with van der Waals surface area (Å²) < 4.78 is 20.1. The van der Waals surface area contributed by atoms with Crippen molar-refractivity contribution >= 4 is 27.3 Å². The predicted molar refractivity (Wildman–Crippen MR) is 134 cm³/mol. The monoisotopic (exact) mass is 489 g/mol. The third-order valence-electron chi connectivity index (χ3n) is 6.88. The molecule has 7 nitrogen and oxygen atoms in total. The number of hydrogen-bond acceptors (Lipinski definition) is 7. The molecule has 1 aliphatic carbocycles. The maximum atomic E-state index is 13.2. The zero-order chi connectivity index (χ0) is 23.9. The molecular weight excluding hydrogens is 462 g/mol. The van der Waals surface area contributed by atoms with Crippen molar-refractivity contribution in [2.45, 2.75) is 52.2 Å². The summed E-state index contributed by atoms with van der Waals surface area (Å²) in [5.41, 5.74) is 3.87. The molecule has 0 radical (unpaired) electrons. The molecule has 8 heteroatoms. The van der Waals surface area contributed by atoms with Crippen molar-refractivity contribution < 1.29 is 19.0 Å². The van der Waals surface area contributed by atoms with Gasteiger partial charge >= 0.3 is 0 Å². The first-order valence-corrected chi connectivity index (χ1v) is 12.9. The minimum absolute atomic E-state index is 0.0581. The number of para-hydroxylation sites is 2. The fourth-order valence-corrected chi connectivity index (χ4v) is 6.32. The number of aromatic nitrogens is 3. The molecule has 6 rings (SSSR count). The minimum Gasteiger partial charge on any atom is -0.486 e. The number of carbonyl (C=O) groups is 1. The lowest BCUT2D eigenvalue weighted by Gasteiger charge is -2.27. The number of Topliss-reactive ketones (excluding diaryl/α,β-unsaturated/α-hetero) is 1. The SMILES string of the molecule is Cc1cc(C(=O)COc2ncnc3sc4c(c23)CCCC4)c(C)n1CC1COc2ccccc2O1. The fraction of sp³-hybridized carbons (Fsp3) is 0.370. The Labute approximate surface area is 207 Å². The van der Waals surface area contributed by atoms with E-state index < -0.39 is 0 Å². The fourth-order valence-electron chi connectivity index (χ4n) is 5.10. The molecule has 180 valence electrons. The zero-order valence-corrected chi connectivity index (χ0v) is 20.7. The van der Waals surface area contributed by atoms with E-state index in [1.165, 1.54) is 29.6 Å². The van der Waals surface area contributed by atoms with Crippen LogP contribution >= 0.6 is 11.3 Å². The maximum absolute atomic E-state index is 13.2. The first-order valence-electron chi connectivity index (χ1n) is 12.0. The standard InChI is InChI=1S/C27H27N3O4S/c1-16-11-20(17(2)30(16)12-18-13-32-22-8-4-5-9-23(22)34-18)21(31)14-33-26-25-19-7-3-6-10-24(19)35-27(25)29-15-28-26/h4-5,8-9,11,15,18H,3,6-7,10,12-14H2,1-2H3. The Kier molecular flexibility index (Phi) is 5.68. The number of ether oxygens (including phenoxy) is 3. The van der Waals surface area contributed by atoms with Crippen molar-refractivity contribution in [2.75, 3.05) is 13.2 Å². The highest BCUT2D eigenvalue weighted by Crippen LogP contribution is 2.39. The highest BCUT2D eigenvalue weighted by atomic mass is 32.1. The van der Waals surface area contributed by atoms with Crippen molar-refractivity contribution in [2.24, 2.45) is 0 Å². The van der Waals surface area contributed by atoms with Crippen LogP contribution in [0.5, 0.6) is 17.4 Å². The molecule has 35 heavy (non-hydrogen) atoms. The molecule has 0 amide bonds. The van der Waals surface area contributed by atoms with E-state index in [1.807, 2.05) is 44.2 Å². The summed E-state index contributed by atoms with van der Waals surface area (Å²) >= 11 is 1.72. The Hall–Kier alpha value is -3.39. The molecule has 4 aromatic rings. The first kappa shape index (κ1) is 22.1. The van der Waals surface area contributed by atoms with E-state index in [4.69, 9.17) is 14.2 Å². The second-order valence-electron chi connectivity index (χ2n) is 9.17. The molecule has 0 fully saturated rings. The number of nitrogens with zero attached hydrogens (tertiary/aromatic N) is 3. The summed E-state index contributed by atoms with van der Waals surface area (Å²) in [5.74, 6) is 1.97. The first-order chi connectivity index (χ1) is 17.1. The Morgan fingerprint density at radius 2 is 2.00 bits per heavy atom. The Balaban J connectivity index is 1.18. The summed E-state index contributed by atoms with van der Waals surface area (Å²) in [5, 5.41) is 0.986. The largest absolute Gasteiger partial charge is 0.486 e. The molecule has 0 spiro atoms. The molecule has 0 saturated heterocycles. The van der Waals surface area contributed by atoms with Crippen molar-refractivity contribution in [3.63, 3.8) is 0 Å². The quantitative estimate of drug-likeness (QED) is 0.351. The number of aryl methyl sites for hydroxylation is 3. The second-order valence-corrected chi connectivity index (χ2v) is 10.3. The van der Waals surface area contributed by atoms with Gasteiger partial charge in [-0.05, 0) is 63.3 Å². The lowest BCUT2D eigenvalue weighted by Crippen LogP contribution is -2.33. The molecule has 3 aromatic heterocycles. The molecule has 1 atom stereocenters. The molecule has 0 bridgehead atoms. The van der Waals surface area contributed by atoms with E-state index in [2.05, 4.69) is 14.5 Å². The topological polar surface area (TPSA) is 75.5 Å². The molecule has 0 N–H and O–H groups in total. The van der Waals surface area contributed by atoms with Gasteiger partial charge in [0.1, 0.15) is 17.8 Å². The average molecular weight is 490 g/mol. The highest BCUT2D eigenvalue weighted by molar-refractivity contribution is 7.18. The van der Waals surface area contributed by atoms with Crippen LogP contribution in [0.2, 0.25) is 0 Å². The number of fused-ring (bicyclic) bond motifs is 4. The number of hydrogen-bond donors (Lipinski definition) is 0. The zero-order valence-electron chi connectivity index (χ0n) is 19.9. The van der Waals surface area contributed by atoms with Crippen LogP contribution in [0.1, 0.15) is 45.0 Å². The van der Waals surface area contributed by atoms with Gasteiger partial charge in [-0.3, -0.25) is 4.79 Å². The number of thiophene rings is 1. The van der Waals surface area contributed by atoms with Crippen molar-refractivity contribution in [3.05, 3.63) is 64.1 Å². The summed E-state index contributed by atoms with van der Waals surface area (Å²) in [6.07, 6.45) is 5.88. The Morgan fingerprint density at radius 3 is 2.89 bits per heavy atom. The van der Waals surface area contributed by atoms with Crippen LogP contribution in [0.15, 0.2) is 36.7 Å².